The Morgan fingerprint density at radius 2 is 1.94 bits per heavy atom. The first-order valence-corrected chi connectivity index (χ1v) is 4.33. The zero-order valence-corrected chi connectivity index (χ0v) is 8.68. The predicted molar refractivity (Wildman–Crippen MR) is 52.4 cm³/mol. The summed E-state index contributed by atoms with van der Waals surface area (Å²) < 4.78 is 42.4. The van der Waals surface area contributed by atoms with Crippen molar-refractivity contribution in [2.24, 2.45) is 0 Å². The second-order valence-corrected chi connectivity index (χ2v) is 3.19. The Morgan fingerprint density at radius 1 is 1.38 bits per heavy atom. The molecule has 0 atom stereocenters. The first-order chi connectivity index (χ1) is 7.27. The topological polar surface area (TPSA) is 52.3 Å². The van der Waals surface area contributed by atoms with Gasteiger partial charge >= 0.3 is 6.18 Å². The minimum absolute atomic E-state index is 0.0493. The number of carbonyl (C=O) groups is 1. The minimum atomic E-state index is -4.61. The number of benzene rings is 1. The molecule has 0 heterocycles. The molecule has 1 aromatic rings. The third kappa shape index (κ3) is 2.26. The molecule has 0 amide bonds. The summed E-state index contributed by atoms with van der Waals surface area (Å²) in [6.07, 6.45) is -4.61. The molecule has 0 saturated carbocycles. The monoisotopic (exact) mass is 233 g/mol. The number of ketones is 1. The van der Waals surface area contributed by atoms with Crippen LogP contribution in [0.4, 0.5) is 18.9 Å². The summed E-state index contributed by atoms with van der Waals surface area (Å²) in [6, 6.07) is 1.95. The predicted octanol–water partition coefficient (Wildman–Crippen LogP) is 2.50. The van der Waals surface area contributed by atoms with Gasteiger partial charge < -0.3 is 10.5 Å². The van der Waals surface area contributed by atoms with Crippen LogP contribution in [0.15, 0.2) is 12.1 Å². The largest absolute Gasteiger partial charge is 0.497 e. The summed E-state index contributed by atoms with van der Waals surface area (Å²) in [4.78, 5) is 11.1. The Kier molecular flexibility index (Phi) is 3.11. The van der Waals surface area contributed by atoms with Gasteiger partial charge in [-0.3, -0.25) is 4.79 Å². The maximum Gasteiger partial charge on any atom is 0.418 e. The van der Waals surface area contributed by atoms with Crippen LogP contribution in [0.3, 0.4) is 0 Å². The molecule has 0 aliphatic carbocycles. The standard InChI is InChI=1S/C10H10F3NO2/c1-5(15)7-3-6(16-2)4-8(9(7)14)10(11,12)13/h3-4H,14H2,1-2H3. The molecule has 3 nitrogen and oxygen atoms in total. The van der Waals surface area contributed by atoms with Crippen molar-refractivity contribution in [3.05, 3.63) is 23.3 Å². The van der Waals surface area contributed by atoms with Gasteiger partial charge in [0.05, 0.1) is 18.4 Å². The average molecular weight is 233 g/mol. The lowest BCUT2D eigenvalue weighted by molar-refractivity contribution is -0.137. The minimum Gasteiger partial charge on any atom is -0.497 e. The lowest BCUT2D eigenvalue weighted by Crippen LogP contribution is -2.12. The van der Waals surface area contributed by atoms with Crippen molar-refractivity contribution in [3.63, 3.8) is 0 Å². The number of Topliss-reactive ketones (excluding diaryl/α,β-unsaturated/α-hetero) is 1. The van der Waals surface area contributed by atoms with Gasteiger partial charge in [0.2, 0.25) is 0 Å². The Balaban J connectivity index is 3.50. The van der Waals surface area contributed by atoms with Gasteiger partial charge in [-0.1, -0.05) is 0 Å². The number of halogens is 3. The van der Waals surface area contributed by atoms with E-state index in [9.17, 15) is 18.0 Å². The molecule has 0 spiro atoms. The van der Waals surface area contributed by atoms with Gasteiger partial charge in [-0.15, -0.1) is 0 Å². The molecule has 0 aliphatic heterocycles. The molecule has 0 aromatic heterocycles. The van der Waals surface area contributed by atoms with Crippen molar-refractivity contribution in [2.45, 2.75) is 13.1 Å². The molecule has 0 unspecified atom stereocenters. The lowest BCUT2D eigenvalue weighted by Gasteiger charge is -2.14. The summed E-state index contributed by atoms with van der Waals surface area (Å²) in [5.41, 5.74) is 3.48. The Bertz CT molecular complexity index is 427. The van der Waals surface area contributed by atoms with E-state index in [4.69, 9.17) is 5.73 Å². The smallest absolute Gasteiger partial charge is 0.418 e. The molecular formula is C10H10F3NO2. The highest BCUT2D eigenvalue weighted by Crippen LogP contribution is 2.37. The van der Waals surface area contributed by atoms with Crippen molar-refractivity contribution in [2.75, 3.05) is 12.8 Å². The lowest BCUT2D eigenvalue weighted by atomic mass is 10.0. The number of carbonyl (C=O) groups excluding carboxylic acids is 1. The fraction of sp³-hybridized carbons (Fsp3) is 0.300. The van der Waals surface area contributed by atoms with E-state index in [0.717, 1.165) is 13.0 Å². The van der Waals surface area contributed by atoms with Crippen molar-refractivity contribution in [3.8, 4) is 5.75 Å². The van der Waals surface area contributed by atoms with E-state index >= 15 is 0 Å². The highest BCUT2D eigenvalue weighted by molar-refractivity contribution is 6.00. The van der Waals surface area contributed by atoms with Crippen LogP contribution < -0.4 is 10.5 Å². The second-order valence-electron chi connectivity index (χ2n) is 3.19. The van der Waals surface area contributed by atoms with Crippen LogP contribution in [0.2, 0.25) is 0 Å². The van der Waals surface area contributed by atoms with Gasteiger partial charge in [-0.05, 0) is 19.1 Å². The maximum absolute atomic E-state index is 12.6. The summed E-state index contributed by atoms with van der Waals surface area (Å²) in [5.74, 6) is -0.589. The molecule has 1 rings (SSSR count). The number of nitrogen functional groups attached to an aromatic ring is 1. The molecule has 0 bridgehead atoms. The Hall–Kier alpha value is -1.72. The van der Waals surface area contributed by atoms with Gasteiger partial charge in [0.25, 0.3) is 0 Å². The van der Waals surface area contributed by atoms with Crippen molar-refractivity contribution >= 4 is 11.5 Å². The first kappa shape index (κ1) is 12.4. The third-order valence-electron chi connectivity index (χ3n) is 2.07. The molecule has 1 aromatic carbocycles. The second kappa shape index (κ2) is 4.03. The molecule has 0 saturated heterocycles. The fourth-order valence-corrected chi connectivity index (χ4v) is 1.27. The summed E-state index contributed by atoms with van der Waals surface area (Å²) in [6.45, 7) is 1.14. The van der Waals surface area contributed by atoms with Crippen LogP contribution in [0.1, 0.15) is 22.8 Å². The van der Waals surface area contributed by atoms with Crippen molar-refractivity contribution < 1.29 is 22.7 Å². The number of hydrogen-bond acceptors (Lipinski definition) is 3. The van der Waals surface area contributed by atoms with Crippen molar-refractivity contribution in [1.82, 2.24) is 0 Å². The quantitative estimate of drug-likeness (QED) is 0.630. The number of anilines is 1. The van der Waals surface area contributed by atoms with Crippen LogP contribution in [0.25, 0.3) is 0 Å². The van der Waals surface area contributed by atoms with Gasteiger partial charge in [0.1, 0.15) is 5.75 Å². The van der Waals surface area contributed by atoms with E-state index < -0.39 is 23.2 Å². The molecule has 88 valence electrons. The SMILES string of the molecule is COc1cc(C(C)=O)c(N)c(C(F)(F)F)c1. The van der Waals surface area contributed by atoms with E-state index in [1.165, 1.54) is 13.2 Å². The van der Waals surface area contributed by atoms with E-state index in [1.54, 1.807) is 0 Å². The summed E-state index contributed by atoms with van der Waals surface area (Å²) in [7, 11) is 1.22. The van der Waals surface area contributed by atoms with Crippen LogP contribution in [-0.4, -0.2) is 12.9 Å². The molecule has 0 radical (unpaired) electrons. The van der Waals surface area contributed by atoms with E-state index in [2.05, 4.69) is 4.74 Å². The van der Waals surface area contributed by atoms with E-state index in [-0.39, 0.29) is 11.3 Å². The van der Waals surface area contributed by atoms with Gasteiger partial charge in [0, 0.05) is 5.56 Å². The van der Waals surface area contributed by atoms with E-state index in [1.807, 2.05) is 0 Å². The van der Waals surface area contributed by atoms with Crippen molar-refractivity contribution in [1.29, 1.82) is 0 Å². The molecule has 6 heteroatoms. The number of methoxy groups -OCH3 is 1. The van der Waals surface area contributed by atoms with E-state index in [0.29, 0.717) is 0 Å². The Labute approximate surface area is 90.0 Å². The average Bonchev–Trinajstić information content (AvgIpc) is 2.15. The molecule has 0 fully saturated rings. The number of nitrogens with two attached hydrogens (primary N) is 1. The van der Waals surface area contributed by atoms with Gasteiger partial charge in [0.15, 0.2) is 5.78 Å². The molecule has 2 N–H and O–H groups in total. The van der Waals surface area contributed by atoms with Gasteiger partial charge in [-0.2, -0.15) is 13.2 Å². The zero-order valence-electron chi connectivity index (χ0n) is 8.68. The van der Waals surface area contributed by atoms with Crippen LogP contribution in [-0.2, 0) is 6.18 Å². The molecule has 0 aliphatic rings. The number of alkyl halides is 3. The number of rotatable bonds is 2. The number of ether oxygens (including phenoxy) is 1. The fourth-order valence-electron chi connectivity index (χ4n) is 1.27. The maximum atomic E-state index is 12.6. The normalized spacial score (nSPS) is 11.3. The highest BCUT2D eigenvalue weighted by Gasteiger charge is 2.35. The van der Waals surface area contributed by atoms with Crippen LogP contribution in [0.5, 0.6) is 5.75 Å². The molecule has 16 heavy (non-hydrogen) atoms. The summed E-state index contributed by atoms with van der Waals surface area (Å²) >= 11 is 0. The number of hydrogen-bond donors (Lipinski definition) is 1. The third-order valence-corrected chi connectivity index (χ3v) is 2.07. The zero-order chi connectivity index (χ0) is 12.5. The summed E-state index contributed by atoms with van der Waals surface area (Å²) in [5, 5.41) is 0. The molecular weight excluding hydrogens is 223 g/mol. The first-order valence-electron chi connectivity index (χ1n) is 4.33. The highest BCUT2D eigenvalue weighted by atomic mass is 19.4. The Morgan fingerprint density at radius 3 is 2.31 bits per heavy atom. The van der Waals surface area contributed by atoms with Crippen LogP contribution >= 0.6 is 0 Å². The van der Waals surface area contributed by atoms with Crippen LogP contribution in [0, 0.1) is 0 Å². The van der Waals surface area contributed by atoms with Gasteiger partial charge in [-0.25, -0.2) is 0 Å².